The van der Waals surface area contributed by atoms with Crippen molar-refractivity contribution >= 4 is 0 Å². The van der Waals surface area contributed by atoms with Crippen molar-refractivity contribution in [3.8, 4) is 5.75 Å². The minimum absolute atomic E-state index is 0.128. The molecule has 0 aliphatic carbocycles. The van der Waals surface area contributed by atoms with Gasteiger partial charge in [-0.1, -0.05) is 45.4 Å². The SMILES string of the molecule is CCNCCCOc1ccc(C)cc1C(C)(C)C. The van der Waals surface area contributed by atoms with E-state index < -0.39 is 0 Å². The van der Waals surface area contributed by atoms with Crippen LogP contribution in [0.4, 0.5) is 0 Å². The van der Waals surface area contributed by atoms with Gasteiger partial charge in [-0.3, -0.25) is 0 Å². The van der Waals surface area contributed by atoms with E-state index in [1.807, 2.05) is 0 Å². The number of nitrogens with one attached hydrogen (secondary N) is 1. The number of aryl methyl sites for hydroxylation is 1. The summed E-state index contributed by atoms with van der Waals surface area (Å²) in [5.74, 6) is 1.03. The molecule has 0 amide bonds. The molecule has 1 aromatic carbocycles. The maximum Gasteiger partial charge on any atom is 0.123 e. The van der Waals surface area contributed by atoms with Crippen LogP contribution in [-0.4, -0.2) is 19.7 Å². The third kappa shape index (κ3) is 4.69. The Bertz CT molecular complexity index is 366. The molecule has 102 valence electrons. The first kappa shape index (κ1) is 15.0. The number of rotatable bonds is 6. The van der Waals surface area contributed by atoms with Crippen LogP contribution >= 0.6 is 0 Å². The topological polar surface area (TPSA) is 21.3 Å². The molecule has 0 radical (unpaired) electrons. The van der Waals surface area contributed by atoms with Crippen molar-refractivity contribution in [2.75, 3.05) is 19.7 Å². The minimum atomic E-state index is 0.128. The van der Waals surface area contributed by atoms with Crippen LogP contribution in [0.15, 0.2) is 18.2 Å². The molecule has 1 aromatic rings. The molecule has 1 rings (SSSR count). The minimum Gasteiger partial charge on any atom is -0.493 e. The fraction of sp³-hybridized carbons (Fsp3) is 0.625. The summed E-state index contributed by atoms with van der Waals surface area (Å²) >= 11 is 0. The van der Waals surface area contributed by atoms with Crippen molar-refractivity contribution in [1.29, 1.82) is 0 Å². The highest BCUT2D eigenvalue weighted by Crippen LogP contribution is 2.32. The monoisotopic (exact) mass is 249 g/mol. The van der Waals surface area contributed by atoms with Gasteiger partial charge in [0.2, 0.25) is 0 Å². The van der Waals surface area contributed by atoms with Gasteiger partial charge in [-0.2, -0.15) is 0 Å². The molecule has 18 heavy (non-hydrogen) atoms. The quantitative estimate of drug-likeness (QED) is 0.777. The molecule has 1 N–H and O–H groups in total. The fourth-order valence-electron chi connectivity index (χ4n) is 1.91. The van der Waals surface area contributed by atoms with Crippen molar-refractivity contribution < 1.29 is 4.74 Å². The van der Waals surface area contributed by atoms with Gasteiger partial charge in [-0.15, -0.1) is 0 Å². The van der Waals surface area contributed by atoms with Gasteiger partial charge in [0.25, 0.3) is 0 Å². The fourth-order valence-corrected chi connectivity index (χ4v) is 1.91. The Hall–Kier alpha value is -1.02. The molecule has 0 fully saturated rings. The van der Waals surface area contributed by atoms with Crippen molar-refractivity contribution in [3.05, 3.63) is 29.3 Å². The van der Waals surface area contributed by atoms with E-state index in [-0.39, 0.29) is 5.41 Å². The highest BCUT2D eigenvalue weighted by molar-refractivity contribution is 5.41. The van der Waals surface area contributed by atoms with E-state index in [4.69, 9.17) is 4.74 Å². The molecule has 0 aromatic heterocycles. The Balaban J connectivity index is 2.65. The van der Waals surface area contributed by atoms with E-state index in [0.717, 1.165) is 31.9 Å². The summed E-state index contributed by atoms with van der Waals surface area (Å²) in [6, 6.07) is 6.46. The maximum atomic E-state index is 5.93. The van der Waals surface area contributed by atoms with Gasteiger partial charge >= 0.3 is 0 Å². The zero-order valence-electron chi connectivity index (χ0n) is 12.5. The van der Waals surface area contributed by atoms with Gasteiger partial charge in [-0.05, 0) is 43.5 Å². The van der Waals surface area contributed by atoms with Crippen LogP contribution in [0.2, 0.25) is 0 Å². The largest absolute Gasteiger partial charge is 0.493 e. The second-order valence-corrected chi connectivity index (χ2v) is 5.81. The number of benzene rings is 1. The van der Waals surface area contributed by atoms with Crippen molar-refractivity contribution in [2.45, 2.75) is 46.5 Å². The van der Waals surface area contributed by atoms with Crippen LogP contribution in [0.3, 0.4) is 0 Å². The Morgan fingerprint density at radius 2 is 1.94 bits per heavy atom. The molecule has 0 saturated carbocycles. The van der Waals surface area contributed by atoms with E-state index in [2.05, 4.69) is 58.1 Å². The zero-order chi connectivity index (χ0) is 13.6. The Morgan fingerprint density at radius 3 is 2.56 bits per heavy atom. The van der Waals surface area contributed by atoms with Gasteiger partial charge in [0, 0.05) is 0 Å². The molecule has 0 spiro atoms. The molecule has 0 aliphatic heterocycles. The summed E-state index contributed by atoms with van der Waals surface area (Å²) in [5.41, 5.74) is 2.72. The lowest BCUT2D eigenvalue weighted by Gasteiger charge is -2.23. The third-order valence-electron chi connectivity index (χ3n) is 2.95. The Morgan fingerprint density at radius 1 is 1.22 bits per heavy atom. The van der Waals surface area contributed by atoms with Gasteiger partial charge in [-0.25, -0.2) is 0 Å². The van der Waals surface area contributed by atoms with Crippen molar-refractivity contribution in [1.82, 2.24) is 5.32 Å². The van der Waals surface area contributed by atoms with Gasteiger partial charge in [0.05, 0.1) is 6.61 Å². The van der Waals surface area contributed by atoms with E-state index in [1.54, 1.807) is 0 Å². The first-order chi connectivity index (χ1) is 8.45. The molecule has 0 heterocycles. The number of hydrogen-bond acceptors (Lipinski definition) is 2. The Kier molecular flexibility index (Phi) is 5.67. The summed E-state index contributed by atoms with van der Waals surface area (Å²) in [4.78, 5) is 0. The lowest BCUT2D eigenvalue weighted by molar-refractivity contribution is 0.300. The molecule has 0 unspecified atom stereocenters. The molecular weight excluding hydrogens is 222 g/mol. The summed E-state index contributed by atoms with van der Waals surface area (Å²) < 4.78 is 5.93. The van der Waals surface area contributed by atoms with E-state index in [0.29, 0.717) is 0 Å². The summed E-state index contributed by atoms with van der Waals surface area (Å²) in [7, 11) is 0. The Labute approximate surface area is 112 Å². The number of ether oxygens (including phenoxy) is 1. The summed E-state index contributed by atoms with van der Waals surface area (Å²) in [6.07, 6.45) is 1.05. The second-order valence-electron chi connectivity index (χ2n) is 5.81. The lowest BCUT2D eigenvalue weighted by atomic mass is 9.85. The average Bonchev–Trinajstić information content (AvgIpc) is 2.29. The summed E-state index contributed by atoms with van der Waals surface area (Å²) in [5, 5.41) is 3.31. The molecule has 2 nitrogen and oxygen atoms in total. The molecule has 0 atom stereocenters. The smallest absolute Gasteiger partial charge is 0.123 e. The van der Waals surface area contributed by atoms with Crippen LogP contribution in [0.1, 0.15) is 45.2 Å². The lowest BCUT2D eigenvalue weighted by Crippen LogP contribution is -2.18. The molecule has 0 bridgehead atoms. The van der Waals surface area contributed by atoms with E-state index >= 15 is 0 Å². The average molecular weight is 249 g/mol. The second kappa shape index (κ2) is 6.79. The van der Waals surface area contributed by atoms with Crippen LogP contribution in [0, 0.1) is 6.92 Å². The first-order valence-corrected chi connectivity index (χ1v) is 6.90. The summed E-state index contributed by atoms with van der Waals surface area (Å²) in [6.45, 7) is 13.8. The molecule has 0 aliphatic rings. The van der Waals surface area contributed by atoms with Gasteiger partial charge in [0.1, 0.15) is 5.75 Å². The van der Waals surface area contributed by atoms with Crippen LogP contribution in [0.5, 0.6) is 5.75 Å². The number of hydrogen-bond donors (Lipinski definition) is 1. The molecule has 2 heteroatoms. The first-order valence-electron chi connectivity index (χ1n) is 6.90. The predicted octanol–water partition coefficient (Wildman–Crippen LogP) is 3.67. The predicted molar refractivity (Wildman–Crippen MR) is 78.5 cm³/mol. The maximum absolute atomic E-state index is 5.93. The van der Waals surface area contributed by atoms with Crippen molar-refractivity contribution in [3.63, 3.8) is 0 Å². The zero-order valence-corrected chi connectivity index (χ0v) is 12.5. The van der Waals surface area contributed by atoms with Gasteiger partial charge in [0.15, 0.2) is 0 Å². The molecular formula is C16H27NO. The third-order valence-corrected chi connectivity index (χ3v) is 2.95. The van der Waals surface area contributed by atoms with Crippen molar-refractivity contribution in [2.24, 2.45) is 0 Å². The van der Waals surface area contributed by atoms with Crippen LogP contribution in [0.25, 0.3) is 0 Å². The highest BCUT2D eigenvalue weighted by Gasteiger charge is 2.18. The standard InChI is InChI=1S/C16H27NO/c1-6-17-10-7-11-18-15-9-8-13(2)12-14(15)16(3,4)5/h8-9,12,17H,6-7,10-11H2,1-5H3. The van der Waals surface area contributed by atoms with Gasteiger partial charge < -0.3 is 10.1 Å². The van der Waals surface area contributed by atoms with E-state index in [9.17, 15) is 0 Å². The molecule has 0 saturated heterocycles. The van der Waals surface area contributed by atoms with Crippen LogP contribution in [-0.2, 0) is 5.41 Å². The van der Waals surface area contributed by atoms with E-state index in [1.165, 1.54) is 11.1 Å². The normalized spacial score (nSPS) is 11.6. The highest BCUT2D eigenvalue weighted by atomic mass is 16.5. The van der Waals surface area contributed by atoms with Crippen LogP contribution < -0.4 is 10.1 Å².